The Hall–Kier alpha value is -2.85. The van der Waals surface area contributed by atoms with Crippen LogP contribution in [0.2, 0.25) is 5.02 Å². The van der Waals surface area contributed by atoms with Crippen molar-refractivity contribution >= 4 is 29.1 Å². The highest BCUT2D eigenvalue weighted by Gasteiger charge is 2.31. The van der Waals surface area contributed by atoms with Crippen molar-refractivity contribution in [1.82, 2.24) is 9.80 Å². The van der Waals surface area contributed by atoms with Gasteiger partial charge in [-0.05, 0) is 42.5 Å². The van der Waals surface area contributed by atoms with E-state index in [9.17, 15) is 27.2 Å². The third-order valence-electron chi connectivity index (χ3n) is 4.56. The molecule has 1 saturated heterocycles. The summed E-state index contributed by atoms with van der Waals surface area (Å²) < 4.78 is 53.5. The van der Waals surface area contributed by atoms with E-state index in [0.717, 1.165) is 18.2 Å². The van der Waals surface area contributed by atoms with Crippen LogP contribution < -0.4 is 10.1 Å². The molecule has 0 atom stereocenters. The van der Waals surface area contributed by atoms with Crippen LogP contribution in [0.4, 0.5) is 23.2 Å². The molecule has 0 saturated carbocycles. The van der Waals surface area contributed by atoms with Crippen molar-refractivity contribution < 1.29 is 31.9 Å². The summed E-state index contributed by atoms with van der Waals surface area (Å²) in [6.07, 6.45) is -4.78. The van der Waals surface area contributed by atoms with E-state index in [2.05, 4.69) is 10.1 Å². The molecule has 31 heavy (non-hydrogen) atoms. The number of ether oxygens (including phenoxy) is 1. The number of hydrogen-bond acceptors (Lipinski definition) is 4. The fourth-order valence-corrected chi connectivity index (χ4v) is 3.33. The average molecular weight is 460 g/mol. The molecule has 1 fully saturated rings. The molecule has 3 rings (SSSR count). The molecule has 2 amide bonds. The molecule has 1 aliphatic heterocycles. The summed E-state index contributed by atoms with van der Waals surface area (Å²) in [7, 11) is 0. The normalized spacial score (nSPS) is 14.9. The third kappa shape index (κ3) is 6.56. The van der Waals surface area contributed by atoms with Gasteiger partial charge in [-0.15, -0.1) is 13.2 Å². The van der Waals surface area contributed by atoms with Crippen LogP contribution in [-0.2, 0) is 4.79 Å². The van der Waals surface area contributed by atoms with Gasteiger partial charge >= 0.3 is 6.36 Å². The molecule has 2 aromatic rings. The molecule has 166 valence electrons. The number of alkyl halides is 3. The Bertz CT molecular complexity index is 946. The van der Waals surface area contributed by atoms with Crippen LogP contribution in [0.25, 0.3) is 0 Å². The number of piperazine rings is 1. The highest BCUT2D eigenvalue weighted by atomic mass is 35.5. The van der Waals surface area contributed by atoms with Crippen LogP contribution >= 0.6 is 11.6 Å². The van der Waals surface area contributed by atoms with Crippen molar-refractivity contribution in [2.45, 2.75) is 6.36 Å². The first-order valence-electron chi connectivity index (χ1n) is 9.23. The molecule has 0 bridgehead atoms. The number of carbonyl (C=O) groups excluding carboxylic acids is 2. The van der Waals surface area contributed by atoms with E-state index < -0.39 is 12.2 Å². The Morgan fingerprint density at radius 2 is 1.68 bits per heavy atom. The smallest absolute Gasteiger partial charge is 0.406 e. The van der Waals surface area contributed by atoms with Crippen molar-refractivity contribution in [3.8, 4) is 5.75 Å². The zero-order chi connectivity index (χ0) is 22.6. The van der Waals surface area contributed by atoms with E-state index in [0.29, 0.717) is 31.9 Å². The fraction of sp³-hybridized carbons (Fsp3) is 0.300. The molecule has 0 aromatic heterocycles. The Morgan fingerprint density at radius 1 is 1.03 bits per heavy atom. The fourth-order valence-electron chi connectivity index (χ4n) is 3.09. The maximum absolute atomic E-state index is 13.2. The van der Waals surface area contributed by atoms with E-state index in [1.807, 2.05) is 4.90 Å². The van der Waals surface area contributed by atoms with Crippen molar-refractivity contribution in [3.63, 3.8) is 0 Å². The minimum absolute atomic E-state index is 0.0402. The molecule has 0 unspecified atom stereocenters. The lowest BCUT2D eigenvalue weighted by Gasteiger charge is -2.34. The maximum atomic E-state index is 13.2. The lowest BCUT2D eigenvalue weighted by molar-refractivity contribution is -0.274. The molecule has 11 heteroatoms. The molecule has 0 aliphatic carbocycles. The largest absolute Gasteiger partial charge is 0.573 e. The Morgan fingerprint density at radius 3 is 2.26 bits per heavy atom. The first kappa shape index (κ1) is 22.8. The molecular formula is C20H18ClF4N3O3. The van der Waals surface area contributed by atoms with Crippen LogP contribution in [0, 0.1) is 5.82 Å². The van der Waals surface area contributed by atoms with Gasteiger partial charge in [0.05, 0.1) is 17.1 Å². The molecule has 0 spiro atoms. The van der Waals surface area contributed by atoms with Gasteiger partial charge in [-0.2, -0.15) is 0 Å². The number of carbonyl (C=O) groups is 2. The topological polar surface area (TPSA) is 61.9 Å². The van der Waals surface area contributed by atoms with Crippen LogP contribution in [0.15, 0.2) is 42.5 Å². The highest BCUT2D eigenvalue weighted by Crippen LogP contribution is 2.24. The summed E-state index contributed by atoms with van der Waals surface area (Å²) in [5.41, 5.74) is 0.548. The zero-order valence-corrected chi connectivity index (χ0v) is 16.8. The Kier molecular flexibility index (Phi) is 7.01. The summed E-state index contributed by atoms with van der Waals surface area (Å²) in [6.45, 7) is 1.67. The molecule has 1 N–H and O–H groups in total. The van der Waals surface area contributed by atoms with E-state index in [1.54, 1.807) is 4.90 Å². The number of halogens is 5. The van der Waals surface area contributed by atoms with Gasteiger partial charge in [0, 0.05) is 31.9 Å². The predicted octanol–water partition coefficient (Wildman–Crippen LogP) is 3.77. The number of benzene rings is 2. The number of amides is 2. The van der Waals surface area contributed by atoms with E-state index in [-0.39, 0.29) is 34.7 Å². The second-order valence-corrected chi connectivity index (χ2v) is 7.22. The average Bonchev–Trinajstić information content (AvgIpc) is 2.68. The lowest BCUT2D eigenvalue weighted by atomic mass is 10.1. The van der Waals surface area contributed by atoms with Gasteiger partial charge in [0.15, 0.2) is 0 Å². The Labute approximate surface area is 180 Å². The van der Waals surface area contributed by atoms with Gasteiger partial charge in [0.1, 0.15) is 11.6 Å². The predicted molar refractivity (Wildman–Crippen MR) is 106 cm³/mol. The number of rotatable bonds is 5. The Balaban J connectivity index is 1.47. The van der Waals surface area contributed by atoms with Gasteiger partial charge in [-0.25, -0.2) is 4.39 Å². The minimum atomic E-state index is -4.78. The summed E-state index contributed by atoms with van der Waals surface area (Å²) in [5, 5.41) is 2.64. The van der Waals surface area contributed by atoms with Crippen molar-refractivity contribution in [2.75, 3.05) is 38.0 Å². The SMILES string of the molecule is O=C(CN1CCN(C(=O)c2ccc(F)cc2Cl)CC1)Nc1ccc(OC(F)(F)F)cc1. The van der Waals surface area contributed by atoms with Crippen LogP contribution in [0.5, 0.6) is 5.75 Å². The minimum Gasteiger partial charge on any atom is -0.406 e. The van der Waals surface area contributed by atoms with Crippen molar-refractivity contribution in [3.05, 3.63) is 58.9 Å². The first-order chi connectivity index (χ1) is 14.6. The second-order valence-electron chi connectivity index (χ2n) is 6.81. The van der Waals surface area contributed by atoms with E-state index in [1.165, 1.54) is 24.3 Å². The number of nitrogens with zero attached hydrogens (tertiary/aromatic N) is 2. The number of hydrogen-bond donors (Lipinski definition) is 1. The monoisotopic (exact) mass is 459 g/mol. The standard InChI is InChI=1S/C20H18ClF4N3O3/c21-17-11-13(22)1-6-16(17)19(30)28-9-7-27(8-10-28)12-18(29)26-14-2-4-15(5-3-14)31-20(23,24)25/h1-6,11H,7-10,12H2,(H,26,29). The van der Waals surface area contributed by atoms with Gasteiger partial charge < -0.3 is 15.0 Å². The quantitative estimate of drug-likeness (QED) is 0.691. The van der Waals surface area contributed by atoms with Crippen molar-refractivity contribution in [1.29, 1.82) is 0 Å². The summed E-state index contributed by atoms with van der Waals surface area (Å²) in [4.78, 5) is 28.2. The third-order valence-corrected chi connectivity index (χ3v) is 4.87. The molecular weight excluding hydrogens is 442 g/mol. The summed E-state index contributed by atoms with van der Waals surface area (Å²) >= 11 is 5.95. The highest BCUT2D eigenvalue weighted by molar-refractivity contribution is 6.33. The van der Waals surface area contributed by atoms with Crippen LogP contribution in [0.3, 0.4) is 0 Å². The number of anilines is 1. The molecule has 1 aliphatic rings. The lowest BCUT2D eigenvalue weighted by Crippen LogP contribution is -2.50. The van der Waals surface area contributed by atoms with Crippen molar-refractivity contribution in [2.24, 2.45) is 0 Å². The molecule has 2 aromatic carbocycles. The second kappa shape index (κ2) is 9.52. The maximum Gasteiger partial charge on any atom is 0.573 e. The van der Waals surface area contributed by atoms with E-state index in [4.69, 9.17) is 11.6 Å². The zero-order valence-electron chi connectivity index (χ0n) is 16.1. The number of nitrogens with one attached hydrogen (secondary N) is 1. The molecule has 6 nitrogen and oxygen atoms in total. The van der Waals surface area contributed by atoms with Gasteiger partial charge in [0.25, 0.3) is 5.91 Å². The first-order valence-corrected chi connectivity index (χ1v) is 9.61. The van der Waals surface area contributed by atoms with Gasteiger partial charge in [-0.1, -0.05) is 11.6 Å². The molecule has 1 heterocycles. The van der Waals surface area contributed by atoms with Crippen LogP contribution in [0.1, 0.15) is 10.4 Å². The van der Waals surface area contributed by atoms with E-state index >= 15 is 0 Å². The summed E-state index contributed by atoms with van der Waals surface area (Å²) in [6, 6.07) is 8.41. The van der Waals surface area contributed by atoms with Gasteiger partial charge in [-0.3, -0.25) is 14.5 Å². The van der Waals surface area contributed by atoms with Gasteiger partial charge in [0.2, 0.25) is 5.91 Å². The molecule has 0 radical (unpaired) electrons. The summed E-state index contributed by atoms with van der Waals surface area (Å²) in [5.74, 6) is -1.56. The van der Waals surface area contributed by atoms with Crippen LogP contribution in [-0.4, -0.2) is 60.7 Å².